The molecular weight excluding hydrogens is 616 g/mol. The van der Waals surface area contributed by atoms with E-state index in [1.165, 1.54) is 6.92 Å². The number of amides is 2. The maximum Gasteiger partial charge on any atom is 0.416 e. The molecule has 0 bridgehead atoms. The Balaban J connectivity index is 1.49. The molecule has 8 nitrogen and oxygen atoms in total. The summed E-state index contributed by atoms with van der Waals surface area (Å²) in [7, 11) is -4.11. The minimum absolute atomic E-state index is 0.196. The molecule has 3 aromatic rings. The standard InChI is InChI=1S/C28H27Cl2F3N4O4S/c1-16(26(34)38)35-27(39)20-10-21(28(31,32)33)12-24(11-20)36-42(40,41)15-17-13-37(14-17)25(18-2-6-22(29)7-3-18)19-4-8-23(30)9-5-19/h2-12,16-17,25,36H,13-15H2,1H3,(H2,34,38)(H,35,39)/t16-/m0/s1. The maximum atomic E-state index is 13.5. The van der Waals surface area contributed by atoms with Crippen molar-refractivity contribution in [2.45, 2.75) is 25.2 Å². The zero-order chi connectivity index (χ0) is 30.8. The summed E-state index contributed by atoms with van der Waals surface area (Å²) in [5, 5.41) is 3.33. The van der Waals surface area contributed by atoms with Gasteiger partial charge in [0.1, 0.15) is 6.04 Å². The molecule has 0 aliphatic carbocycles. The molecule has 1 fully saturated rings. The van der Waals surface area contributed by atoms with Crippen LogP contribution >= 0.6 is 23.2 Å². The molecule has 0 spiro atoms. The minimum Gasteiger partial charge on any atom is -0.368 e. The van der Waals surface area contributed by atoms with Crippen molar-refractivity contribution in [3.05, 3.63) is 99.0 Å². The Labute approximate surface area is 251 Å². The molecule has 2 amide bonds. The number of benzene rings is 3. The van der Waals surface area contributed by atoms with Crippen molar-refractivity contribution >= 4 is 50.7 Å². The van der Waals surface area contributed by atoms with E-state index in [1.807, 2.05) is 24.3 Å². The van der Waals surface area contributed by atoms with Gasteiger partial charge in [0.15, 0.2) is 0 Å². The molecule has 3 aromatic carbocycles. The van der Waals surface area contributed by atoms with Gasteiger partial charge in [0.25, 0.3) is 5.91 Å². The highest BCUT2D eigenvalue weighted by atomic mass is 35.5. The summed E-state index contributed by atoms with van der Waals surface area (Å²) >= 11 is 12.1. The van der Waals surface area contributed by atoms with E-state index >= 15 is 0 Å². The van der Waals surface area contributed by atoms with Crippen LogP contribution in [-0.4, -0.2) is 50.0 Å². The van der Waals surface area contributed by atoms with Gasteiger partial charge in [-0.1, -0.05) is 47.5 Å². The second kappa shape index (κ2) is 12.5. The summed E-state index contributed by atoms with van der Waals surface area (Å²) < 4.78 is 68.8. The number of nitrogens with zero attached hydrogens (tertiary/aromatic N) is 1. The van der Waals surface area contributed by atoms with E-state index < -0.39 is 50.9 Å². The van der Waals surface area contributed by atoms with Crippen molar-refractivity contribution in [3.8, 4) is 0 Å². The Kier molecular flexibility index (Phi) is 9.41. The number of alkyl halides is 3. The number of rotatable bonds is 10. The van der Waals surface area contributed by atoms with E-state index in [4.69, 9.17) is 28.9 Å². The van der Waals surface area contributed by atoms with Crippen molar-refractivity contribution in [2.24, 2.45) is 11.7 Å². The van der Waals surface area contributed by atoms with E-state index in [9.17, 15) is 31.2 Å². The summed E-state index contributed by atoms with van der Waals surface area (Å²) in [4.78, 5) is 25.8. The average Bonchev–Trinajstić information content (AvgIpc) is 2.88. The summed E-state index contributed by atoms with van der Waals surface area (Å²) in [5.41, 5.74) is 4.85. The molecule has 0 unspecified atom stereocenters. The van der Waals surface area contributed by atoms with Crippen molar-refractivity contribution in [2.75, 3.05) is 23.6 Å². The average molecular weight is 644 g/mol. The van der Waals surface area contributed by atoms with Crippen LogP contribution in [0.15, 0.2) is 66.7 Å². The van der Waals surface area contributed by atoms with E-state index in [0.29, 0.717) is 35.3 Å². The lowest BCUT2D eigenvalue weighted by Gasteiger charge is -2.44. The molecule has 1 heterocycles. The van der Waals surface area contributed by atoms with E-state index in [2.05, 4.69) is 14.9 Å². The zero-order valence-corrected chi connectivity index (χ0v) is 24.5. The molecule has 42 heavy (non-hydrogen) atoms. The number of nitrogens with two attached hydrogens (primary N) is 1. The second-order valence-electron chi connectivity index (χ2n) is 10.1. The van der Waals surface area contributed by atoms with Crippen LogP contribution in [0.25, 0.3) is 0 Å². The number of primary amides is 1. The Bertz CT molecular complexity index is 1520. The summed E-state index contributed by atoms with van der Waals surface area (Å²) in [6.07, 6.45) is -4.86. The number of anilines is 1. The first-order valence-electron chi connectivity index (χ1n) is 12.7. The molecule has 1 aliphatic rings. The number of nitrogens with one attached hydrogen (secondary N) is 2. The first-order valence-corrected chi connectivity index (χ1v) is 15.1. The van der Waals surface area contributed by atoms with Crippen molar-refractivity contribution in [1.82, 2.24) is 10.2 Å². The van der Waals surface area contributed by atoms with E-state index in [1.54, 1.807) is 24.3 Å². The molecule has 4 N–H and O–H groups in total. The highest BCUT2D eigenvalue weighted by Gasteiger charge is 2.37. The van der Waals surface area contributed by atoms with Crippen molar-refractivity contribution < 1.29 is 31.2 Å². The van der Waals surface area contributed by atoms with Gasteiger partial charge >= 0.3 is 6.18 Å². The van der Waals surface area contributed by atoms with Gasteiger partial charge in [-0.05, 0) is 60.5 Å². The van der Waals surface area contributed by atoms with Gasteiger partial charge in [-0.2, -0.15) is 13.2 Å². The fourth-order valence-corrected chi connectivity index (χ4v) is 6.34. The van der Waals surface area contributed by atoms with Crippen LogP contribution in [0.1, 0.15) is 40.0 Å². The van der Waals surface area contributed by atoms with E-state index in [-0.39, 0.29) is 17.7 Å². The SMILES string of the molecule is C[C@H](NC(=O)c1cc(NS(=O)(=O)CC2CN(C(c3ccc(Cl)cc3)c3ccc(Cl)cc3)C2)cc(C(F)(F)F)c1)C(N)=O. The lowest BCUT2D eigenvalue weighted by Crippen LogP contribution is -2.51. The van der Waals surface area contributed by atoms with Gasteiger partial charge in [-0.3, -0.25) is 19.2 Å². The van der Waals surface area contributed by atoms with Crippen LogP contribution in [0.4, 0.5) is 18.9 Å². The number of sulfonamides is 1. The predicted octanol–water partition coefficient (Wildman–Crippen LogP) is 5.08. The number of hydrogen-bond acceptors (Lipinski definition) is 5. The van der Waals surface area contributed by atoms with Crippen LogP contribution in [0.3, 0.4) is 0 Å². The molecule has 0 aromatic heterocycles. The first-order chi connectivity index (χ1) is 19.6. The van der Waals surface area contributed by atoms with Crippen LogP contribution < -0.4 is 15.8 Å². The van der Waals surface area contributed by atoms with Crippen LogP contribution in [0.2, 0.25) is 10.0 Å². The fourth-order valence-electron chi connectivity index (χ4n) is 4.69. The van der Waals surface area contributed by atoms with Crippen LogP contribution in [-0.2, 0) is 21.0 Å². The summed E-state index contributed by atoms with van der Waals surface area (Å²) in [6.45, 7) is 2.07. The highest BCUT2D eigenvalue weighted by Crippen LogP contribution is 2.36. The Morgan fingerprint density at radius 2 is 1.50 bits per heavy atom. The molecule has 1 aliphatic heterocycles. The third-order valence-corrected chi connectivity index (χ3v) is 8.71. The normalized spacial score (nSPS) is 15.2. The number of likely N-dealkylation sites (tertiary alicyclic amines) is 1. The minimum atomic E-state index is -4.86. The highest BCUT2D eigenvalue weighted by molar-refractivity contribution is 7.92. The first kappa shape index (κ1) is 31.6. The number of carbonyl (C=O) groups excluding carboxylic acids is 2. The monoisotopic (exact) mass is 642 g/mol. The largest absolute Gasteiger partial charge is 0.416 e. The van der Waals surface area contributed by atoms with Gasteiger partial charge in [-0.25, -0.2) is 8.42 Å². The van der Waals surface area contributed by atoms with Crippen molar-refractivity contribution in [1.29, 1.82) is 0 Å². The molecule has 0 saturated carbocycles. The third-order valence-electron chi connectivity index (χ3n) is 6.75. The lowest BCUT2D eigenvalue weighted by molar-refractivity contribution is -0.137. The third kappa shape index (κ3) is 7.94. The fraction of sp³-hybridized carbons (Fsp3) is 0.286. The number of carbonyl (C=O) groups is 2. The van der Waals surface area contributed by atoms with Gasteiger partial charge in [0.2, 0.25) is 15.9 Å². The van der Waals surface area contributed by atoms with Crippen molar-refractivity contribution in [3.63, 3.8) is 0 Å². The Hall–Kier alpha value is -3.32. The quantitative estimate of drug-likeness (QED) is 0.285. The molecule has 4 rings (SSSR count). The van der Waals surface area contributed by atoms with Gasteiger partial charge in [0.05, 0.1) is 17.4 Å². The van der Waals surface area contributed by atoms with Crippen LogP contribution in [0.5, 0.6) is 0 Å². The maximum absolute atomic E-state index is 13.5. The predicted molar refractivity (Wildman–Crippen MR) is 155 cm³/mol. The smallest absolute Gasteiger partial charge is 0.368 e. The number of halogens is 5. The van der Waals surface area contributed by atoms with Gasteiger partial charge in [0, 0.05) is 40.3 Å². The molecule has 0 radical (unpaired) electrons. The zero-order valence-electron chi connectivity index (χ0n) is 22.2. The second-order valence-corrected chi connectivity index (χ2v) is 12.7. The molecule has 1 saturated heterocycles. The Morgan fingerprint density at radius 1 is 0.976 bits per heavy atom. The van der Waals surface area contributed by atoms with Gasteiger partial charge in [-0.15, -0.1) is 0 Å². The van der Waals surface area contributed by atoms with Gasteiger partial charge < -0.3 is 11.1 Å². The number of hydrogen-bond donors (Lipinski definition) is 3. The van der Waals surface area contributed by atoms with E-state index in [0.717, 1.165) is 17.2 Å². The molecule has 224 valence electrons. The topological polar surface area (TPSA) is 122 Å². The molecule has 1 atom stereocenters. The molecule has 14 heteroatoms. The van der Waals surface area contributed by atoms with Crippen LogP contribution in [0, 0.1) is 5.92 Å². The lowest BCUT2D eigenvalue weighted by atomic mass is 9.91. The molecular formula is C28H27Cl2F3N4O4S. The summed E-state index contributed by atoms with van der Waals surface area (Å²) in [6, 6.07) is 15.4. The summed E-state index contributed by atoms with van der Waals surface area (Å²) in [5.74, 6) is -2.57. The Morgan fingerprint density at radius 3 is 1.98 bits per heavy atom.